The summed E-state index contributed by atoms with van der Waals surface area (Å²) in [6.07, 6.45) is 1.81. The minimum absolute atomic E-state index is 0.550. The Bertz CT molecular complexity index is 470. The molecular weight excluding hydrogens is 286 g/mol. The van der Waals surface area contributed by atoms with Gasteiger partial charge in [0.05, 0.1) is 0 Å². The van der Waals surface area contributed by atoms with Gasteiger partial charge in [0.15, 0.2) is 5.13 Å². The third-order valence-electron chi connectivity index (χ3n) is 2.14. The van der Waals surface area contributed by atoms with E-state index in [1.54, 1.807) is 11.3 Å². The van der Waals surface area contributed by atoms with Gasteiger partial charge >= 0.3 is 0 Å². The molecule has 3 nitrogen and oxygen atoms in total. The molecule has 0 saturated carbocycles. The minimum atomic E-state index is 0.550. The van der Waals surface area contributed by atoms with Crippen molar-refractivity contribution in [2.24, 2.45) is 5.73 Å². The Morgan fingerprint density at radius 1 is 1.38 bits per heavy atom. The van der Waals surface area contributed by atoms with E-state index >= 15 is 0 Å². The lowest BCUT2D eigenvalue weighted by molar-refractivity contribution is 1.09. The van der Waals surface area contributed by atoms with Crippen molar-refractivity contribution < 1.29 is 0 Å². The van der Waals surface area contributed by atoms with Crippen LogP contribution in [0.3, 0.4) is 0 Å². The number of halogens is 1. The predicted octanol–water partition coefficient (Wildman–Crippen LogP) is 2.98. The number of thiazole rings is 1. The molecule has 2 aromatic rings. The van der Waals surface area contributed by atoms with Crippen LogP contribution in [-0.2, 0) is 13.1 Å². The van der Waals surface area contributed by atoms with Crippen molar-refractivity contribution in [2.75, 3.05) is 5.32 Å². The van der Waals surface area contributed by atoms with Gasteiger partial charge in [0, 0.05) is 28.6 Å². The van der Waals surface area contributed by atoms with Gasteiger partial charge in [-0.05, 0) is 11.6 Å². The summed E-state index contributed by atoms with van der Waals surface area (Å²) in [5.74, 6) is 0. The lowest BCUT2D eigenvalue weighted by Gasteiger charge is -2.04. The molecule has 0 radical (unpaired) electrons. The molecule has 0 amide bonds. The molecule has 84 valence electrons. The van der Waals surface area contributed by atoms with Crippen LogP contribution in [-0.4, -0.2) is 4.98 Å². The van der Waals surface area contributed by atoms with E-state index in [2.05, 4.69) is 32.3 Å². The van der Waals surface area contributed by atoms with E-state index in [-0.39, 0.29) is 0 Å². The van der Waals surface area contributed by atoms with E-state index in [1.807, 2.05) is 24.4 Å². The largest absolute Gasteiger partial charge is 0.357 e. The molecule has 0 aliphatic rings. The molecule has 1 heterocycles. The molecule has 0 atom stereocenters. The van der Waals surface area contributed by atoms with Crippen LogP contribution in [0.15, 0.2) is 34.9 Å². The highest BCUT2D eigenvalue weighted by Gasteiger charge is 2.01. The van der Waals surface area contributed by atoms with Crippen molar-refractivity contribution in [3.8, 4) is 0 Å². The van der Waals surface area contributed by atoms with Gasteiger partial charge in [-0.25, -0.2) is 4.98 Å². The fraction of sp³-hybridized carbons (Fsp3) is 0.182. The van der Waals surface area contributed by atoms with Crippen molar-refractivity contribution in [1.82, 2.24) is 4.98 Å². The first-order chi connectivity index (χ1) is 7.79. The molecule has 5 heteroatoms. The van der Waals surface area contributed by atoms with E-state index < -0.39 is 0 Å². The molecule has 16 heavy (non-hydrogen) atoms. The fourth-order valence-corrected chi connectivity index (χ4v) is 2.41. The van der Waals surface area contributed by atoms with Gasteiger partial charge in [-0.15, -0.1) is 11.3 Å². The van der Waals surface area contributed by atoms with Crippen molar-refractivity contribution in [1.29, 1.82) is 0 Å². The van der Waals surface area contributed by atoms with Gasteiger partial charge in [0.2, 0.25) is 0 Å². The molecule has 1 aromatic carbocycles. The maximum atomic E-state index is 5.53. The lowest BCUT2D eigenvalue weighted by Crippen LogP contribution is -1.99. The topological polar surface area (TPSA) is 50.9 Å². The summed E-state index contributed by atoms with van der Waals surface area (Å²) in [5, 5.41) is 4.19. The number of rotatable bonds is 4. The van der Waals surface area contributed by atoms with E-state index in [1.165, 1.54) is 5.56 Å². The highest BCUT2D eigenvalue weighted by molar-refractivity contribution is 9.10. The highest BCUT2D eigenvalue weighted by atomic mass is 79.9. The average molecular weight is 298 g/mol. The third kappa shape index (κ3) is 2.81. The molecule has 0 saturated heterocycles. The minimum Gasteiger partial charge on any atom is -0.357 e. The number of hydrogen-bond acceptors (Lipinski definition) is 4. The van der Waals surface area contributed by atoms with Crippen molar-refractivity contribution >= 4 is 32.4 Å². The van der Waals surface area contributed by atoms with Gasteiger partial charge in [-0.2, -0.15) is 0 Å². The summed E-state index contributed by atoms with van der Waals surface area (Å²) < 4.78 is 1.11. The second kappa shape index (κ2) is 5.43. The molecule has 0 aliphatic carbocycles. The monoisotopic (exact) mass is 297 g/mol. The molecule has 0 aliphatic heterocycles. The van der Waals surface area contributed by atoms with Crippen LogP contribution >= 0.6 is 27.3 Å². The zero-order valence-corrected chi connectivity index (χ0v) is 11.0. The standard InChI is InChI=1S/C11H12BrN3S/c12-10-4-2-1-3-8(10)6-14-11-15-7-9(5-13)16-11/h1-4,7H,5-6,13H2,(H,14,15). The molecule has 3 N–H and O–H groups in total. The highest BCUT2D eigenvalue weighted by Crippen LogP contribution is 2.20. The number of nitrogens with one attached hydrogen (secondary N) is 1. The third-order valence-corrected chi connectivity index (χ3v) is 3.89. The van der Waals surface area contributed by atoms with Crippen molar-refractivity contribution in [2.45, 2.75) is 13.1 Å². The Morgan fingerprint density at radius 3 is 2.88 bits per heavy atom. The van der Waals surface area contributed by atoms with Gasteiger partial charge in [-0.3, -0.25) is 0 Å². The fourth-order valence-electron chi connectivity index (χ4n) is 1.30. The number of aromatic nitrogens is 1. The van der Waals surface area contributed by atoms with E-state index in [0.29, 0.717) is 6.54 Å². The predicted molar refractivity (Wildman–Crippen MR) is 71.5 cm³/mol. The van der Waals surface area contributed by atoms with Gasteiger partial charge < -0.3 is 11.1 Å². The maximum Gasteiger partial charge on any atom is 0.183 e. The van der Waals surface area contributed by atoms with Crippen LogP contribution in [0.25, 0.3) is 0 Å². The smallest absolute Gasteiger partial charge is 0.183 e. The van der Waals surface area contributed by atoms with E-state index in [4.69, 9.17) is 5.73 Å². The first-order valence-corrected chi connectivity index (χ1v) is 6.52. The zero-order chi connectivity index (χ0) is 11.4. The zero-order valence-electron chi connectivity index (χ0n) is 8.61. The Kier molecular flexibility index (Phi) is 3.93. The van der Waals surface area contributed by atoms with Crippen LogP contribution in [0, 0.1) is 0 Å². The first kappa shape index (κ1) is 11.6. The summed E-state index contributed by atoms with van der Waals surface area (Å²) >= 11 is 5.11. The molecule has 2 rings (SSSR count). The molecule has 0 bridgehead atoms. The Balaban J connectivity index is 1.99. The molecular formula is C11H12BrN3S. The number of nitrogens with zero attached hydrogens (tertiary/aromatic N) is 1. The number of anilines is 1. The van der Waals surface area contributed by atoms with Crippen LogP contribution in [0.1, 0.15) is 10.4 Å². The van der Waals surface area contributed by atoms with Crippen LogP contribution in [0.4, 0.5) is 5.13 Å². The molecule has 0 unspecified atom stereocenters. The van der Waals surface area contributed by atoms with Gasteiger partial charge in [0.25, 0.3) is 0 Å². The number of nitrogens with two attached hydrogens (primary N) is 1. The second-order valence-electron chi connectivity index (χ2n) is 3.28. The summed E-state index contributed by atoms with van der Waals surface area (Å²) in [6.45, 7) is 1.31. The normalized spacial score (nSPS) is 10.4. The van der Waals surface area contributed by atoms with Crippen LogP contribution in [0.2, 0.25) is 0 Å². The first-order valence-electron chi connectivity index (χ1n) is 4.91. The van der Waals surface area contributed by atoms with E-state index in [9.17, 15) is 0 Å². The number of benzene rings is 1. The SMILES string of the molecule is NCc1cnc(NCc2ccccc2Br)s1. The summed E-state index contributed by atoms with van der Waals surface area (Å²) in [6, 6.07) is 8.14. The average Bonchev–Trinajstić information content (AvgIpc) is 2.76. The summed E-state index contributed by atoms with van der Waals surface area (Å²) in [4.78, 5) is 5.34. The Hall–Kier alpha value is -0.910. The summed E-state index contributed by atoms with van der Waals surface area (Å²) in [7, 11) is 0. The molecule has 0 spiro atoms. The van der Waals surface area contributed by atoms with Gasteiger partial charge in [0.1, 0.15) is 0 Å². The summed E-state index contributed by atoms with van der Waals surface area (Å²) in [5.41, 5.74) is 6.74. The van der Waals surface area contributed by atoms with Gasteiger partial charge in [-0.1, -0.05) is 34.1 Å². The Morgan fingerprint density at radius 2 is 2.19 bits per heavy atom. The molecule has 0 fully saturated rings. The second-order valence-corrected chi connectivity index (χ2v) is 5.25. The quantitative estimate of drug-likeness (QED) is 0.912. The Labute approximate surface area is 107 Å². The number of hydrogen-bond donors (Lipinski definition) is 2. The lowest BCUT2D eigenvalue weighted by atomic mass is 10.2. The van der Waals surface area contributed by atoms with E-state index in [0.717, 1.165) is 21.0 Å². The molecule has 1 aromatic heterocycles. The van der Waals surface area contributed by atoms with Crippen molar-refractivity contribution in [3.63, 3.8) is 0 Å². The van der Waals surface area contributed by atoms with Crippen molar-refractivity contribution in [3.05, 3.63) is 45.4 Å². The maximum absolute atomic E-state index is 5.53. The van der Waals surface area contributed by atoms with Crippen LogP contribution in [0.5, 0.6) is 0 Å². The van der Waals surface area contributed by atoms with Crippen LogP contribution < -0.4 is 11.1 Å².